The largest absolute Gasteiger partial charge is 0.935 e. The Morgan fingerprint density at radius 1 is 1.30 bits per heavy atom. The van der Waals surface area contributed by atoms with E-state index in [9.17, 15) is 13.4 Å². The predicted molar refractivity (Wildman–Crippen MR) is 104 cm³/mol. The highest BCUT2D eigenvalue weighted by Crippen LogP contribution is 2.21. The van der Waals surface area contributed by atoms with Crippen molar-refractivity contribution in [1.82, 2.24) is 9.55 Å². The zero-order valence-corrected chi connectivity index (χ0v) is 15.7. The average Bonchev–Trinajstić information content (AvgIpc) is 3.34. The van der Waals surface area contributed by atoms with Gasteiger partial charge in [0, 0.05) is 55.2 Å². The number of nitrogens with zero attached hydrogens (tertiary/aromatic N) is 2. The van der Waals surface area contributed by atoms with Crippen molar-refractivity contribution in [3.63, 3.8) is 0 Å². The SMILES string of the molecule is CC(C)C(=O)CCc1ccc(/C=C2/C=CC(c3ccc[nH]3)=[N+]2B(F)F)n1C. The van der Waals surface area contributed by atoms with E-state index in [1.54, 1.807) is 36.6 Å². The van der Waals surface area contributed by atoms with Crippen LogP contribution in [0, 0.1) is 5.92 Å². The van der Waals surface area contributed by atoms with Crippen LogP contribution in [-0.4, -0.2) is 32.9 Å². The summed E-state index contributed by atoms with van der Waals surface area (Å²) in [5, 5.41) is 0. The van der Waals surface area contributed by atoms with Gasteiger partial charge < -0.3 is 9.55 Å². The first kappa shape index (κ1) is 19.1. The van der Waals surface area contributed by atoms with Crippen LogP contribution in [0.2, 0.25) is 0 Å². The van der Waals surface area contributed by atoms with Crippen LogP contribution in [0.25, 0.3) is 6.08 Å². The molecule has 140 valence electrons. The van der Waals surface area contributed by atoms with Gasteiger partial charge in [-0.1, -0.05) is 13.8 Å². The summed E-state index contributed by atoms with van der Waals surface area (Å²) < 4.78 is 30.3. The van der Waals surface area contributed by atoms with Gasteiger partial charge in [-0.2, -0.15) is 0 Å². The second-order valence-electron chi connectivity index (χ2n) is 6.95. The van der Waals surface area contributed by atoms with E-state index < -0.39 is 7.40 Å². The number of carbonyl (C=O) groups excluding carboxylic acids is 1. The van der Waals surface area contributed by atoms with E-state index in [-0.39, 0.29) is 11.7 Å². The normalized spacial score (nSPS) is 15.4. The summed E-state index contributed by atoms with van der Waals surface area (Å²) in [7, 11) is -0.754. The van der Waals surface area contributed by atoms with Crippen molar-refractivity contribution in [3.05, 3.63) is 65.4 Å². The molecule has 0 fully saturated rings. The fraction of sp³-hybridized carbons (Fsp3) is 0.300. The molecule has 2 aromatic heterocycles. The molecule has 0 radical (unpaired) electrons. The lowest BCUT2D eigenvalue weighted by molar-refractivity contribution is -0.340. The number of carbonyl (C=O) groups is 1. The second-order valence-corrected chi connectivity index (χ2v) is 6.95. The van der Waals surface area contributed by atoms with Crippen molar-refractivity contribution in [2.75, 3.05) is 0 Å². The topological polar surface area (TPSA) is 40.8 Å². The summed E-state index contributed by atoms with van der Waals surface area (Å²) in [6, 6.07) is 7.39. The average molecular weight is 370 g/mol. The minimum atomic E-state index is -2.65. The molecule has 0 spiro atoms. The molecule has 1 aliphatic rings. The fourth-order valence-corrected chi connectivity index (χ4v) is 3.17. The molecule has 3 heterocycles. The van der Waals surface area contributed by atoms with Gasteiger partial charge in [0.1, 0.15) is 11.5 Å². The number of aromatic amines is 1. The summed E-state index contributed by atoms with van der Waals surface area (Å²) in [5.41, 5.74) is 3.35. The number of hydrogen-bond donors (Lipinski definition) is 1. The van der Waals surface area contributed by atoms with Gasteiger partial charge in [-0.3, -0.25) is 4.79 Å². The molecule has 0 aromatic carbocycles. The van der Waals surface area contributed by atoms with Crippen LogP contribution in [0.1, 0.15) is 37.4 Å². The zero-order chi connectivity index (χ0) is 19.6. The second kappa shape index (κ2) is 7.90. The van der Waals surface area contributed by atoms with Gasteiger partial charge in [0.2, 0.25) is 5.71 Å². The fourth-order valence-electron chi connectivity index (χ4n) is 3.17. The van der Waals surface area contributed by atoms with Gasteiger partial charge in [0.05, 0.1) is 0 Å². The minimum Gasteiger partial charge on any atom is -0.356 e. The van der Waals surface area contributed by atoms with Crippen molar-refractivity contribution in [1.29, 1.82) is 0 Å². The Balaban J connectivity index is 1.87. The summed E-state index contributed by atoms with van der Waals surface area (Å²) in [4.78, 5) is 14.8. The van der Waals surface area contributed by atoms with Crippen LogP contribution < -0.4 is 0 Å². The van der Waals surface area contributed by atoms with Gasteiger partial charge in [-0.15, -0.1) is 0 Å². The lowest BCUT2D eigenvalue weighted by Crippen LogP contribution is -2.25. The van der Waals surface area contributed by atoms with Crippen molar-refractivity contribution in [2.45, 2.75) is 26.7 Å². The third kappa shape index (κ3) is 4.02. The number of nitrogens with one attached hydrogen (secondary N) is 1. The number of aromatic nitrogens is 2. The van der Waals surface area contributed by atoms with E-state index in [4.69, 9.17) is 0 Å². The molecule has 0 saturated heterocycles. The van der Waals surface area contributed by atoms with Crippen LogP contribution in [0.4, 0.5) is 8.63 Å². The molecular weight excluding hydrogens is 347 g/mol. The Morgan fingerprint density at radius 2 is 2.07 bits per heavy atom. The lowest BCUT2D eigenvalue weighted by atomic mass is 10.0. The molecule has 0 unspecified atom stereocenters. The molecule has 0 saturated carbocycles. The molecule has 2 aromatic rings. The number of ketones is 1. The highest BCUT2D eigenvalue weighted by atomic mass is 19.2. The summed E-state index contributed by atoms with van der Waals surface area (Å²) in [5.74, 6) is 0.251. The van der Waals surface area contributed by atoms with E-state index >= 15 is 0 Å². The van der Waals surface area contributed by atoms with Gasteiger partial charge in [0.15, 0.2) is 5.70 Å². The molecule has 0 aliphatic carbocycles. The Morgan fingerprint density at radius 3 is 2.70 bits per heavy atom. The Bertz CT molecular complexity index is 921. The first-order chi connectivity index (χ1) is 12.9. The van der Waals surface area contributed by atoms with Crippen LogP contribution in [0.5, 0.6) is 0 Å². The molecule has 3 rings (SSSR count). The molecule has 0 amide bonds. The predicted octanol–water partition coefficient (Wildman–Crippen LogP) is 3.85. The standard InChI is InChI=1S/C20H22BF2N3O/c1-14(2)20(27)11-9-15-6-7-16(25(15)3)13-17-8-10-19(26(17)21(22)23)18-5-4-12-24-18/h4-8,10,12-14H,9,11H2,1-3H3/p+1/b17-13-. The van der Waals surface area contributed by atoms with Crippen LogP contribution in [-0.2, 0) is 18.3 Å². The molecule has 1 N–H and O–H groups in total. The van der Waals surface area contributed by atoms with E-state index in [2.05, 4.69) is 4.98 Å². The monoisotopic (exact) mass is 370 g/mol. The molecule has 7 heteroatoms. The Labute approximate surface area is 158 Å². The van der Waals surface area contributed by atoms with Gasteiger partial charge >= 0.3 is 7.40 Å². The number of hydrogen-bond acceptors (Lipinski definition) is 1. The minimum absolute atomic E-state index is 0.0250. The number of halogens is 2. The van der Waals surface area contributed by atoms with Crippen molar-refractivity contribution < 1.29 is 17.9 Å². The molecular formula is C20H23BF2N3O+. The van der Waals surface area contributed by atoms with E-state index in [1.165, 1.54) is 0 Å². The molecule has 0 bridgehead atoms. The number of rotatable bonds is 7. The summed E-state index contributed by atoms with van der Waals surface area (Å²) in [6.07, 6.45) is 7.96. The first-order valence-electron chi connectivity index (χ1n) is 9.03. The Kier molecular flexibility index (Phi) is 5.58. The maximum Gasteiger partial charge on any atom is 0.935 e. The zero-order valence-electron chi connectivity index (χ0n) is 15.7. The van der Waals surface area contributed by atoms with Crippen molar-refractivity contribution >= 4 is 25.0 Å². The lowest BCUT2D eigenvalue weighted by Gasteiger charge is -2.07. The van der Waals surface area contributed by atoms with E-state index in [1.807, 2.05) is 37.6 Å². The quantitative estimate of drug-likeness (QED) is 0.739. The number of H-pyrrole nitrogens is 1. The molecule has 1 aliphatic heterocycles. The van der Waals surface area contributed by atoms with E-state index in [0.717, 1.165) is 15.9 Å². The Hall–Kier alpha value is -2.70. The summed E-state index contributed by atoms with van der Waals surface area (Å²) >= 11 is 0. The number of allylic oxidation sites excluding steroid dienone is 2. The van der Waals surface area contributed by atoms with Crippen LogP contribution in [0.15, 0.2) is 48.3 Å². The molecule has 0 atom stereocenters. The maximum atomic E-state index is 13.7. The molecule has 4 nitrogen and oxygen atoms in total. The number of Topliss-reactive ketones (excluding diaryl/α,β-unsaturated/α-hetero) is 1. The molecule has 27 heavy (non-hydrogen) atoms. The highest BCUT2D eigenvalue weighted by molar-refractivity contribution is 6.36. The number of aryl methyl sites for hydroxylation is 1. The smallest absolute Gasteiger partial charge is 0.356 e. The van der Waals surface area contributed by atoms with Gasteiger partial charge in [-0.05, 0) is 30.7 Å². The third-order valence-corrected chi connectivity index (χ3v) is 4.85. The summed E-state index contributed by atoms with van der Waals surface area (Å²) in [6.45, 7) is 3.79. The van der Waals surface area contributed by atoms with Crippen molar-refractivity contribution in [3.8, 4) is 0 Å². The van der Waals surface area contributed by atoms with Crippen LogP contribution in [0.3, 0.4) is 0 Å². The highest BCUT2D eigenvalue weighted by Gasteiger charge is 2.42. The van der Waals surface area contributed by atoms with Gasteiger partial charge in [0.25, 0.3) is 0 Å². The third-order valence-electron chi connectivity index (χ3n) is 4.85. The maximum absolute atomic E-state index is 13.7. The first-order valence-corrected chi connectivity index (χ1v) is 9.03. The van der Waals surface area contributed by atoms with Crippen LogP contribution >= 0.6 is 0 Å². The van der Waals surface area contributed by atoms with Crippen molar-refractivity contribution in [2.24, 2.45) is 13.0 Å². The van der Waals surface area contributed by atoms with Gasteiger partial charge in [-0.25, -0.2) is 13.1 Å². The van der Waals surface area contributed by atoms with E-state index in [0.29, 0.717) is 29.9 Å².